The molecule has 1 aromatic carbocycles. The zero-order valence-corrected chi connectivity index (χ0v) is 13.6. The van der Waals surface area contributed by atoms with Crippen LogP contribution >= 0.6 is 31.9 Å². The monoisotopic (exact) mass is 408 g/mol. The second-order valence-electron chi connectivity index (χ2n) is 3.65. The molecule has 0 saturated carbocycles. The Morgan fingerprint density at radius 1 is 1.32 bits per heavy atom. The molecular formula is C10H10Br2N4O2S. The first-order valence-electron chi connectivity index (χ1n) is 5.28. The van der Waals surface area contributed by atoms with Crippen LogP contribution in [0.2, 0.25) is 0 Å². The van der Waals surface area contributed by atoms with Crippen molar-refractivity contribution < 1.29 is 8.42 Å². The van der Waals surface area contributed by atoms with Gasteiger partial charge in [0, 0.05) is 21.9 Å². The van der Waals surface area contributed by atoms with Gasteiger partial charge in [-0.15, -0.1) is 0 Å². The first-order valence-corrected chi connectivity index (χ1v) is 8.35. The lowest BCUT2D eigenvalue weighted by Gasteiger charge is -2.08. The third-order valence-corrected chi connectivity index (χ3v) is 5.23. The molecule has 0 bridgehead atoms. The molecule has 9 heteroatoms. The average Bonchev–Trinajstić information content (AvgIpc) is 2.81. The first kappa shape index (κ1) is 14.6. The fourth-order valence-corrected chi connectivity index (χ4v) is 4.20. The van der Waals surface area contributed by atoms with Crippen LogP contribution in [0.1, 0.15) is 5.82 Å². The van der Waals surface area contributed by atoms with Gasteiger partial charge in [-0.1, -0.05) is 15.9 Å². The van der Waals surface area contributed by atoms with Gasteiger partial charge in [-0.2, -0.15) is 5.10 Å². The summed E-state index contributed by atoms with van der Waals surface area (Å²) in [6.07, 6.45) is 1.84. The maximum Gasteiger partial charge on any atom is 0.241 e. The topological polar surface area (TPSA) is 87.7 Å². The Bertz CT molecular complexity index is 658. The Hall–Kier alpha value is -0.770. The Kier molecular flexibility index (Phi) is 4.71. The summed E-state index contributed by atoms with van der Waals surface area (Å²) >= 11 is 6.51. The zero-order valence-electron chi connectivity index (χ0n) is 9.60. The van der Waals surface area contributed by atoms with E-state index in [1.807, 2.05) is 0 Å². The predicted molar refractivity (Wildman–Crippen MR) is 77.1 cm³/mol. The predicted octanol–water partition coefficient (Wildman–Crippen LogP) is 1.85. The second-order valence-corrected chi connectivity index (χ2v) is 7.16. The first-order chi connectivity index (χ1) is 8.99. The number of nitrogens with one attached hydrogen (secondary N) is 2. The van der Waals surface area contributed by atoms with Gasteiger partial charge in [-0.25, -0.2) is 18.1 Å². The molecule has 2 rings (SSSR count). The fourth-order valence-electron chi connectivity index (χ4n) is 1.43. The Morgan fingerprint density at radius 2 is 2.11 bits per heavy atom. The second kappa shape index (κ2) is 6.12. The molecule has 0 amide bonds. The lowest BCUT2D eigenvalue weighted by Crippen LogP contribution is -2.26. The number of rotatable bonds is 5. The van der Waals surface area contributed by atoms with E-state index in [0.29, 0.717) is 16.7 Å². The van der Waals surface area contributed by atoms with Crippen LogP contribution in [-0.4, -0.2) is 30.1 Å². The number of H-pyrrole nitrogens is 1. The highest BCUT2D eigenvalue weighted by molar-refractivity contribution is 9.11. The van der Waals surface area contributed by atoms with Crippen molar-refractivity contribution in [1.29, 1.82) is 0 Å². The highest BCUT2D eigenvalue weighted by atomic mass is 79.9. The number of sulfonamides is 1. The smallest absolute Gasteiger partial charge is 0.241 e. The van der Waals surface area contributed by atoms with E-state index in [1.165, 1.54) is 12.4 Å². The molecule has 0 unspecified atom stereocenters. The maximum atomic E-state index is 12.1. The molecule has 6 nitrogen and oxygen atoms in total. The van der Waals surface area contributed by atoms with Crippen LogP contribution in [0.4, 0.5) is 0 Å². The molecule has 0 aliphatic rings. The highest BCUT2D eigenvalue weighted by Crippen LogP contribution is 2.25. The van der Waals surface area contributed by atoms with E-state index in [0.717, 1.165) is 4.47 Å². The van der Waals surface area contributed by atoms with Gasteiger partial charge in [0.2, 0.25) is 10.0 Å². The molecule has 1 aromatic heterocycles. The van der Waals surface area contributed by atoms with Crippen LogP contribution in [0.5, 0.6) is 0 Å². The minimum atomic E-state index is -3.54. The van der Waals surface area contributed by atoms with Gasteiger partial charge in [0.1, 0.15) is 12.2 Å². The van der Waals surface area contributed by atoms with Crippen molar-refractivity contribution in [3.05, 3.63) is 39.3 Å². The largest absolute Gasteiger partial charge is 0.263 e. The summed E-state index contributed by atoms with van der Waals surface area (Å²) in [7, 11) is -3.54. The molecule has 0 fully saturated rings. The molecule has 0 aliphatic heterocycles. The van der Waals surface area contributed by atoms with Gasteiger partial charge in [-0.05, 0) is 34.1 Å². The van der Waals surface area contributed by atoms with E-state index >= 15 is 0 Å². The van der Waals surface area contributed by atoms with Gasteiger partial charge >= 0.3 is 0 Å². The van der Waals surface area contributed by atoms with Crippen molar-refractivity contribution in [2.24, 2.45) is 0 Å². The molecule has 0 aliphatic carbocycles. The van der Waals surface area contributed by atoms with E-state index in [1.54, 1.807) is 12.1 Å². The Morgan fingerprint density at radius 3 is 2.74 bits per heavy atom. The minimum Gasteiger partial charge on any atom is -0.263 e. The Labute approximate surface area is 127 Å². The summed E-state index contributed by atoms with van der Waals surface area (Å²) in [6, 6.07) is 4.89. The van der Waals surface area contributed by atoms with Crippen LogP contribution < -0.4 is 4.72 Å². The van der Waals surface area contributed by atoms with E-state index < -0.39 is 10.0 Å². The molecule has 2 N–H and O–H groups in total. The minimum absolute atomic E-state index is 0.202. The fraction of sp³-hybridized carbons (Fsp3) is 0.200. The van der Waals surface area contributed by atoms with E-state index in [9.17, 15) is 8.42 Å². The van der Waals surface area contributed by atoms with E-state index in [-0.39, 0.29) is 11.4 Å². The van der Waals surface area contributed by atoms with Gasteiger partial charge in [0.25, 0.3) is 0 Å². The quantitative estimate of drug-likeness (QED) is 0.788. The maximum absolute atomic E-state index is 12.1. The van der Waals surface area contributed by atoms with Gasteiger partial charge in [0.05, 0.1) is 4.90 Å². The average molecular weight is 410 g/mol. The van der Waals surface area contributed by atoms with Gasteiger partial charge in [-0.3, -0.25) is 5.10 Å². The van der Waals surface area contributed by atoms with Crippen molar-refractivity contribution in [2.45, 2.75) is 11.3 Å². The number of aromatic amines is 1. The summed E-state index contributed by atoms with van der Waals surface area (Å²) in [5.74, 6) is 0.637. The SMILES string of the molecule is O=S(=O)(NCCc1ncn[nH]1)c1ccc(Br)cc1Br. The van der Waals surface area contributed by atoms with Crippen LogP contribution in [-0.2, 0) is 16.4 Å². The standard InChI is InChI=1S/C10H10Br2N4O2S/c11-7-1-2-9(8(12)5-7)19(17,18)15-4-3-10-13-6-14-16-10/h1-2,5-6,15H,3-4H2,(H,13,14,16). The molecule has 102 valence electrons. The highest BCUT2D eigenvalue weighted by Gasteiger charge is 2.17. The lowest BCUT2D eigenvalue weighted by atomic mass is 10.4. The van der Waals surface area contributed by atoms with E-state index in [4.69, 9.17) is 0 Å². The van der Waals surface area contributed by atoms with Crippen molar-refractivity contribution in [3.8, 4) is 0 Å². The summed E-state index contributed by atoms with van der Waals surface area (Å²) in [5.41, 5.74) is 0. The summed E-state index contributed by atoms with van der Waals surface area (Å²) in [5, 5.41) is 6.36. The van der Waals surface area contributed by atoms with Crippen LogP contribution in [0, 0.1) is 0 Å². The molecule has 2 aromatic rings. The lowest BCUT2D eigenvalue weighted by molar-refractivity contribution is 0.580. The van der Waals surface area contributed by atoms with Crippen LogP contribution in [0.15, 0.2) is 38.4 Å². The number of halogens is 2. The number of benzene rings is 1. The van der Waals surface area contributed by atoms with E-state index in [2.05, 4.69) is 51.8 Å². The third kappa shape index (κ3) is 3.85. The molecule has 0 atom stereocenters. The van der Waals surface area contributed by atoms with Crippen molar-refractivity contribution in [1.82, 2.24) is 19.9 Å². The van der Waals surface area contributed by atoms with Crippen molar-refractivity contribution in [3.63, 3.8) is 0 Å². The number of aromatic nitrogens is 3. The molecule has 0 spiro atoms. The molecular weight excluding hydrogens is 400 g/mol. The number of nitrogens with zero attached hydrogens (tertiary/aromatic N) is 2. The number of hydrogen-bond donors (Lipinski definition) is 2. The molecule has 0 radical (unpaired) electrons. The van der Waals surface area contributed by atoms with Crippen LogP contribution in [0.25, 0.3) is 0 Å². The zero-order chi connectivity index (χ0) is 13.9. The molecule has 1 heterocycles. The summed E-state index contributed by atoms with van der Waals surface area (Å²) < 4.78 is 28.0. The van der Waals surface area contributed by atoms with Gasteiger partial charge < -0.3 is 0 Å². The summed E-state index contributed by atoms with van der Waals surface area (Å²) in [4.78, 5) is 4.12. The third-order valence-electron chi connectivity index (χ3n) is 2.30. The van der Waals surface area contributed by atoms with Gasteiger partial charge in [0.15, 0.2) is 0 Å². The number of hydrogen-bond acceptors (Lipinski definition) is 4. The van der Waals surface area contributed by atoms with Crippen molar-refractivity contribution >= 4 is 41.9 Å². The summed E-state index contributed by atoms with van der Waals surface area (Å²) in [6.45, 7) is 0.250. The molecule has 19 heavy (non-hydrogen) atoms. The normalized spacial score (nSPS) is 11.7. The molecule has 0 saturated heterocycles. The van der Waals surface area contributed by atoms with Crippen LogP contribution in [0.3, 0.4) is 0 Å². The van der Waals surface area contributed by atoms with Crippen molar-refractivity contribution in [2.75, 3.05) is 6.54 Å². The Balaban J connectivity index is 2.05.